The number of esters is 1. The van der Waals surface area contributed by atoms with Crippen LogP contribution in [0.3, 0.4) is 0 Å². The molecule has 0 spiro atoms. The SMILES string of the molecule is CCOC(=O)c1sc(C(C)NC(=NC)NCCCc2nc3ccccc3[nH]2)nc1C. The van der Waals surface area contributed by atoms with Gasteiger partial charge in [0, 0.05) is 20.0 Å². The van der Waals surface area contributed by atoms with Crippen LogP contribution in [0.25, 0.3) is 11.0 Å². The molecule has 0 saturated carbocycles. The lowest BCUT2D eigenvalue weighted by Crippen LogP contribution is -2.39. The number of hydrogen-bond acceptors (Lipinski definition) is 6. The lowest BCUT2D eigenvalue weighted by Gasteiger charge is -2.16. The van der Waals surface area contributed by atoms with Crippen LogP contribution in [0.4, 0.5) is 0 Å². The molecule has 0 amide bonds. The van der Waals surface area contributed by atoms with Crippen molar-refractivity contribution in [1.29, 1.82) is 0 Å². The number of aromatic nitrogens is 3. The van der Waals surface area contributed by atoms with Crippen molar-refractivity contribution in [3.8, 4) is 0 Å². The van der Waals surface area contributed by atoms with E-state index in [2.05, 4.69) is 30.6 Å². The van der Waals surface area contributed by atoms with E-state index in [0.29, 0.717) is 23.1 Å². The molecule has 0 aliphatic carbocycles. The van der Waals surface area contributed by atoms with Gasteiger partial charge in [0.2, 0.25) is 0 Å². The molecule has 160 valence electrons. The zero-order valence-corrected chi connectivity index (χ0v) is 18.6. The molecular weight excluding hydrogens is 400 g/mol. The predicted molar refractivity (Wildman–Crippen MR) is 120 cm³/mol. The van der Waals surface area contributed by atoms with E-state index < -0.39 is 0 Å². The lowest BCUT2D eigenvalue weighted by molar-refractivity contribution is 0.0531. The Hall–Kier alpha value is -2.94. The van der Waals surface area contributed by atoms with E-state index in [1.54, 1.807) is 14.0 Å². The fourth-order valence-electron chi connectivity index (χ4n) is 3.04. The van der Waals surface area contributed by atoms with Gasteiger partial charge in [-0.1, -0.05) is 12.1 Å². The molecular formula is C21H28N6O2S. The van der Waals surface area contributed by atoms with Crippen LogP contribution < -0.4 is 10.6 Å². The summed E-state index contributed by atoms with van der Waals surface area (Å²) in [7, 11) is 1.73. The van der Waals surface area contributed by atoms with Gasteiger partial charge in [0.05, 0.1) is 29.4 Å². The molecule has 1 unspecified atom stereocenters. The van der Waals surface area contributed by atoms with Gasteiger partial charge in [-0.25, -0.2) is 14.8 Å². The Balaban J connectivity index is 1.49. The monoisotopic (exact) mass is 428 g/mol. The fraction of sp³-hybridized carbons (Fsp3) is 0.429. The minimum atomic E-state index is -0.320. The Morgan fingerprint density at radius 1 is 1.33 bits per heavy atom. The highest BCUT2D eigenvalue weighted by Gasteiger charge is 2.20. The highest BCUT2D eigenvalue weighted by atomic mass is 32.1. The number of guanidine groups is 1. The Morgan fingerprint density at radius 3 is 2.87 bits per heavy atom. The summed E-state index contributed by atoms with van der Waals surface area (Å²) in [6.07, 6.45) is 1.76. The number of hydrogen-bond donors (Lipinski definition) is 3. The predicted octanol–water partition coefficient (Wildman–Crippen LogP) is 3.36. The molecule has 8 nitrogen and oxygen atoms in total. The van der Waals surface area contributed by atoms with Gasteiger partial charge in [-0.05, 0) is 39.3 Å². The number of carbonyl (C=O) groups is 1. The summed E-state index contributed by atoms with van der Waals surface area (Å²) < 4.78 is 5.09. The van der Waals surface area contributed by atoms with Crippen molar-refractivity contribution in [2.75, 3.05) is 20.2 Å². The first-order valence-corrected chi connectivity index (χ1v) is 10.9. The number of fused-ring (bicyclic) bond motifs is 1. The number of carbonyl (C=O) groups excluding carboxylic acids is 1. The highest BCUT2D eigenvalue weighted by molar-refractivity contribution is 7.13. The van der Waals surface area contributed by atoms with E-state index in [1.165, 1.54) is 11.3 Å². The second-order valence-electron chi connectivity index (χ2n) is 6.86. The zero-order chi connectivity index (χ0) is 21.5. The van der Waals surface area contributed by atoms with Gasteiger partial charge in [0.1, 0.15) is 15.7 Å². The van der Waals surface area contributed by atoms with Crippen LogP contribution in [0, 0.1) is 6.92 Å². The standard InChI is InChI=1S/C21H28N6O2S/c1-5-29-20(28)18-13(2)24-19(30-18)14(3)25-21(22-4)23-12-8-11-17-26-15-9-6-7-10-16(15)27-17/h6-7,9-10,14H,5,8,11-12H2,1-4H3,(H,26,27)(H2,22,23,25). The van der Waals surface area contributed by atoms with Gasteiger partial charge in [0.15, 0.2) is 5.96 Å². The number of aryl methyl sites for hydroxylation is 2. The summed E-state index contributed by atoms with van der Waals surface area (Å²) in [6.45, 7) is 6.72. The molecule has 2 heterocycles. The Labute approximate surface area is 180 Å². The Bertz CT molecular complexity index is 993. The van der Waals surface area contributed by atoms with Crippen LogP contribution in [0.15, 0.2) is 29.3 Å². The smallest absolute Gasteiger partial charge is 0.350 e. The number of nitrogens with one attached hydrogen (secondary N) is 3. The number of para-hydroxylation sites is 2. The van der Waals surface area contributed by atoms with Crippen molar-refractivity contribution >= 4 is 34.3 Å². The molecule has 3 N–H and O–H groups in total. The molecule has 9 heteroatoms. The van der Waals surface area contributed by atoms with Crippen LogP contribution in [0.2, 0.25) is 0 Å². The van der Waals surface area contributed by atoms with Crippen molar-refractivity contribution < 1.29 is 9.53 Å². The largest absolute Gasteiger partial charge is 0.462 e. The molecule has 3 aromatic rings. The summed E-state index contributed by atoms with van der Waals surface area (Å²) >= 11 is 1.35. The number of benzene rings is 1. The van der Waals surface area contributed by atoms with Gasteiger partial charge in [0.25, 0.3) is 0 Å². The molecule has 2 aromatic heterocycles. The number of ether oxygens (including phenoxy) is 1. The Kier molecular flexibility index (Phi) is 7.40. The van der Waals surface area contributed by atoms with Gasteiger partial charge >= 0.3 is 5.97 Å². The Morgan fingerprint density at radius 2 is 2.13 bits per heavy atom. The van der Waals surface area contributed by atoms with Gasteiger partial charge in [-0.15, -0.1) is 11.3 Å². The number of thiazole rings is 1. The van der Waals surface area contributed by atoms with Gasteiger partial charge < -0.3 is 20.4 Å². The molecule has 0 fully saturated rings. The van der Waals surface area contributed by atoms with Crippen molar-refractivity contribution in [2.24, 2.45) is 4.99 Å². The van der Waals surface area contributed by atoms with Gasteiger partial charge in [-0.2, -0.15) is 0 Å². The van der Waals surface area contributed by atoms with Crippen LogP contribution in [-0.2, 0) is 11.2 Å². The minimum Gasteiger partial charge on any atom is -0.462 e. The normalized spacial score (nSPS) is 12.7. The average Bonchev–Trinajstić information content (AvgIpc) is 3.33. The van der Waals surface area contributed by atoms with Crippen LogP contribution >= 0.6 is 11.3 Å². The van der Waals surface area contributed by atoms with E-state index in [9.17, 15) is 4.79 Å². The number of rotatable bonds is 8. The fourth-order valence-corrected chi connectivity index (χ4v) is 4.00. The first kappa shape index (κ1) is 21.8. The summed E-state index contributed by atoms with van der Waals surface area (Å²) in [4.78, 5) is 29.3. The van der Waals surface area contributed by atoms with Crippen LogP contribution in [0.5, 0.6) is 0 Å². The number of aliphatic imine (C=N–C) groups is 1. The van der Waals surface area contributed by atoms with E-state index in [1.807, 2.05) is 38.1 Å². The molecule has 0 saturated heterocycles. The van der Waals surface area contributed by atoms with E-state index in [0.717, 1.165) is 41.3 Å². The average molecular weight is 429 g/mol. The minimum absolute atomic E-state index is 0.0848. The summed E-state index contributed by atoms with van der Waals surface area (Å²) in [5.41, 5.74) is 2.75. The summed E-state index contributed by atoms with van der Waals surface area (Å²) in [5.74, 6) is 1.36. The molecule has 0 bridgehead atoms. The maximum absolute atomic E-state index is 12.0. The first-order valence-electron chi connectivity index (χ1n) is 10.1. The van der Waals surface area contributed by atoms with E-state index >= 15 is 0 Å². The maximum atomic E-state index is 12.0. The number of aromatic amines is 1. The third kappa shape index (κ3) is 5.35. The van der Waals surface area contributed by atoms with Gasteiger partial charge in [-0.3, -0.25) is 4.99 Å². The summed E-state index contributed by atoms with van der Waals surface area (Å²) in [6, 6.07) is 7.95. The molecule has 30 heavy (non-hydrogen) atoms. The molecule has 0 aliphatic heterocycles. The maximum Gasteiger partial charge on any atom is 0.350 e. The highest BCUT2D eigenvalue weighted by Crippen LogP contribution is 2.24. The second kappa shape index (κ2) is 10.2. The summed E-state index contributed by atoms with van der Waals surface area (Å²) in [5, 5.41) is 7.47. The van der Waals surface area contributed by atoms with Crippen LogP contribution in [-0.4, -0.2) is 47.1 Å². The number of H-pyrrole nitrogens is 1. The van der Waals surface area contributed by atoms with Crippen molar-refractivity contribution in [3.63, 3.8) is 0 Å². The molecule has 0 radical (unpaired) electrons. The number of nitrogens with zero attached hydrogens (tertiary/aromatic N) is 3. The number of imidazole rings is 1. The third-order valence-corrected chi connectivity index (χ3v) is 5.86. The van der Waals surface area contributed by atoms with E-state index in [4.69, 9.17) is 4.74 Å². The zero-order valence-electron chi connectivity index (χ0n) is 17.8. The van der Waals surface area contributed by atoms with E-state index in [-0.39, 0.29) is 12.0 Å². The topological polar surface area (TPSA) is 104 Å². The quantitative estimate of drug-likeness (QED) is 0.220. The van der Waals surface area contributed by atoms with Crippen molar-refractivity contribution in [3.05, 3.63) is 45.7 Å². The second-order valence-corrected chi connectivity index (χ2v) is 7.89. The first-order chi connectivity index (χ1) is 14.5. The third-order valence-electron chi connectivity index (χ3n) is 4.54. The lowest BCUT2D eigenvalue weighted by atomic mass is 10.3. The van der Waals surface area contributed by atoms with Crippen LogP contribution in [0.1, 0.15) is 52.5 Å². The molecule has 1 aromatic carbocycles. The van der Waals surface area contributed by atoms with Crippen molar-refractivity contribution in [1.82, 2.24) is 25.6 Å². The van der Waals surface area contributed by atoms with Crippen molar-refractivity contribution in [2.45, 2.75) is 39.7 Å². The molecule has 3 rings (SSSR count). The molecule has 0 aliphatic rings. The molecule has 1 atom stereocenters.